The lowest BCUT2D eigenvalue weighted by Crippen LogP contribution is -2.32. The lowest BCUT2D eigenvalue weighted by Gasteiger charge is -2.29. The Morgan fingerprint density at radius 3 is 2.90 bits per heavy atom. The van der Waals surface area contributed by atoms with Gasteiger partial charge in [0.1, 0.15) is 11.7 Å². The molecule has 3 N–H and O–H groups in total. The molecule has 0 atom stereocenters. The van der Waals surface area contributed by atoms with Gasteiger partial charge in [-0.25, -0.2) is 4.98 Å². The lowest BCUT2D eigenvalue weighted by atomic mass is 9.99. The van der Waals surface area contributed by atoms with Crippen LogP contribution in [-0.4, -0.2) is 37.6 Å². The summed E-state index contributed by atoms with van der Waals surface area (Å²) in [5, 5.41) is 7.84. The van der Waals surface area contributed by atoms with E-state index in [1.807, 2.05) is 0 Å². The molecule has 0 spiro atoms. The summed E-state index contributed by atoms with van der Waals surface area (Å²) in [5.41, 5.74) is 9.01. The molecule has 114 valence electrons. The molecule has 2 aliphatic rings. The minimum absolute atomic E-state index is 0.117. The van der Waals surface area contributed by atoms with Crippen molar-refractivity contribution in [3.63, 3.8) is 0 Å². The highest BCUT2D eigenvalue weighted by molar-refractivity contribution is 5.99. The molecule has 0 radical (unpaired) electrons. The topological polar surface area (TPSA) is 75.2 Å². The number of aryl methyl sites for hydroxylation is 2. The number of hydrogen-bond donors (Lipinski definition) is 2. The van der Waals surface area contributed by atoms with Gasteiger partial charge in [-0.15, -0.1) is 0 Å². The number of fused-ring (bicyclic) bond motifs is 1. The second-order valence-corrected chi connectivity index (χ2v) is 6.17. The van der Waals surface area contributed by atoms with Crippen LogP contribution in [0.4, 0.5) is 5.82 Å². The van der Waals surface area contributed by atoms with Crippen molar-refractivity contribution in [2.45, 2.75) is 32.1 Å². The number of pyridine rings is 1. The van der Waals surface area contributed by atoms with E-state index < -0.39 is 0 Å². The van der Waals surface area contributed by atoms with E-state index >= 15 is 0 Å². The molecule has 1 aliphatic carbocycles. The standard InChI is InChI=1S/C16H24N4O/c1-20(10-11-5-7-21-8-6-11)16-13(15(17)18)9-12-3-2-4-14(12)19-16/h9,11H,2-8,10H2,1H3,(H3,17,18). The quantitative estimate of drug-likeness (QED) is 0.653. The minimum atomic E-state index is 0.117. The van der Waals surface area contributed by atoms with Gasteiger partial charge in [0.25, 0.3) is 0 Å². The number of ether oxygens (including phenoxy) is 1. The van der Waals surface area contributed by atoms with Crippen LogP contribution in [0.25, 0.3) is 0 Å². The molecule has 5 nitrogen and oxygen atoms in total. The Morgan fingerprint density at radius 1 is 1.43 bits per heavy atom. The first-order valence-electron chi connectivity index (χ1n) is 7.81. The van der Waals surface area contributed by atoms with Gasteiger partial charge in [-0.2, -0.15) is 0 Å². The van der Waals surface area contributed by atoms with Crippen molar-refractivity contribution in [2.24, 2.45) is 11.7 Å². The number of amidine groups is 1. The van der Waals surface area contributed by atoms with Crippen LogP contribution in [-0.2, 0) is 17.6 Å². The summed E-state index contributed by atoms with van der Waals surface area (Å²) in [5.74, 6) is 1.62. The molecule has 21 heavy (non-hydrogen) atoms. The highest BCUT2D eigenvalue weighted by Crippen LogP contribution is 2.28. The number of aromatic nitrogens is 1. The Morgan fingerprint density at radius 2 is 2.19 bits per heavy atom. The zero-order valence-corrected chi connectivity index (χ0v) is 12.7. The third-order valence-corrected chi connectivity index (χ3v) is 4.56. The van der Waals surface area contributed by atoms with Crippen LogP contribution in [0, 0.1) is 11.3 Å². The van der Waals surface area contributed by atoms with E-state index in [0.717, 1.165) is 63.2 Å². The van der Waals surface area contributed by atoms with Crippen LogP contribution in [0.2, 0.25) is 0 Å². The van der Waals surface area contributed by atoms with Crippen LogP contribution in [0.3, 0.4) is 0 Å². The maximum absolute atomic E-state index is 7.84. The molecule has 1 fully saturated rings. The fourth-order valence-electron chi connectivity index (χ4n) is 3.35. The molecule has 2 heterocycles. The summed E-state index contributed by atoms with van der Waals surface area (Å²) in [6, 6.07) is 2.08. The summed E-state index contributed by atoms with van der Waals surface area (Å²) in [7, 11) is 2.06. The number of nitrogens with zero attached hydrogens (tertiary/aromatic N) is 2. The van der Waals surface area contributed by atoms with Gasteiger partial charge in [0.2, 0.25) is 0 Å². The Labute approximate surface area is 126 Å². The third kappa shape index (κ3) is 3.02. The molecule has 0 amide bonds. The molecular formula is C16H24N4O. The van der Waals surface area contributed by atoms with E-state index in [0.29, 0.717) is 5.92 Å². The van der Waals surface area contributed by atoms with E-state index in [2.05, 4.69) is 18.0 Å². The van der Waals surface area contributed by atoms with Gasteiger partial charge in [0.15, 0.2) is 0 Å². The molecular weight excluding hydrogens is 264 g/mol. The van der Waals surface area contributed by atoms with Crippen molar-refractivity contribution in [1.82, 2.24) is 4.98 Å². The van der Waals surface area contributed by atoms with Gasteiger partial charge < -0.3 is 15.4 Å². The van der Waals surface area contributed by atoms with E-state index in [1.54, 1.807) is 0 Å². The van der Waals surface area contributed by atoms with Gasteiger partial charge in [-0.3, -0.25) is 5.41 Å². The average Bonchev–Trinajstić information content (AvgIpc) is 2.94. The predicted octanol–water partition coefficient (Wildman–Crippen LogP) is 1.72. The van der Waals surface area contributed by atoms with Crippen molar-refractivity contribution in [2.75, 3.05) is 31.7 Å². The molecule has 0 saturated carbocycles. The number of nitrogens with two attached hydrogens (primary N) is 1. The Kier molecular flexibility index (Phi) is 4.10. The Bertz CT molecular complexity index is 537. The molecule has 1 aromatic heterocycles. The summed E-state index contributed by atoms with van der Waals surface area (Å²) < 4.78 is 5.42. The maximum atomic E-state index is 7.84. The van der Waals surface area contributed by atoms with Crippen molar-refractivity contribution in [1.29, 1.82) is 5.41 Å². The molecule has 1 saturated heterocycles. The first kappa shape index (κ1) is 14.3. The number of hydrogen-bond acceptors (Lipinski definition) is 4. The summed E-state index contributed by atoms with van der Waals surface area (Å²) >= 11 is 0. The monoisotopic (exact) mass is 288 g/mol. The highest BCUT2D eigenvalue weighted by Gasteiger charge is 2.22. The smallest absolute Gasteiger partial charge is 0.139 e. The molecule has 5 heteroatoms. The first-order valence-corrected chi connectivity index (χ1v) is 7.81. The van der Waals surface area contributed by atoms with Gasteiger partial charge in [-0.05, 0) is 49.7 Å². The lowest BCUT2D eigenvalue weighted by molar-refractivity contribution is 0.0685. The summed E-state index contributed by atoms with van der Waals surface area (Å²) in [6.07, 6.45) is 5.47. The van der Waals surface area contributed by atoms with Crippen molar-refractivity contribution in [3.8, 4) is 0 Å². The molecule has 3 rings (SSSR count). The number of nitrogens with one attached hydrogen (secondary N) is 1. The van der Waals surface area contributed by atoms with Crippen LogP contribution in [0.1, 0.15) is 36.1 Å². The van der Waals surface area contributed by atoms with E-state index in [4.69, 9.17) is 20.9 Å². The minimum Gasteiger partial charge on any atom is -0.384 e. The van der Waals surface area contributed by atoms with Crippen LogP contribution in [0.5, 0.6) is 0 Å². The van der Waals surface area contributed by atoms with Crippen LogP contribution in [0.15, 0.2) is 6.07 Å². The predicted molar refractivity (Wildman–Crippen MR) is 84.1 cm³/mol. The van der Waals surface area contributed by atoms with Gasteiger partial charge in [0, 0.05) is 32.5 Å². The van der Waals surface area contributed by atoms with Gasteiger partial charge >= 0.3 is 0 Å². The summed E-state index contributed by atoms with van der Waals surface area (Å²) in [4.78, 5) is 6.99. The van der Waals surface area contributed by atoms with E-state index in [1.165, 1.54) is 11.3 Å². The normalized spacial score (nSPS) is 18.5. The maximum Gasteiger partial charge on any atom is 0.139 e. The zero-order valence-electron chi connectivity index (χ0n) is 12.7. The first-order chi connectivity index (χ1) is 10.1. The van der Waals surface area contributed by atoms with Gasteiger partial charge in [-0.1, -0.05) is 0 Å². The average molecular weight is 288 g/mol. The van der Waals surface area contributed by atoms with Crippen molar-refractivity contribution < 1.29 is 4.74 Å². The molecule has 1 aromatic rings. The molecule has 0 aromatic carbocycles. The number of anilines is 1. The largest absolute Gasteiger partial charge is 0.384 e. The Hall–Kier alpha value is -1.62. The summed E-state index contributed by atoms with van der Waals surface area (Å²) in [6.45, 7) is 2.67. The van der Waals surface area contributed by atoms with E-state index in [-0.39, 0.29) is 5.84 Å². The Balaban J connectivity index is 1.83. The second kappa shape index (κ2) is 6.02. The van der Waals surface area contributed by atoms with Crippen molar-refractivity contribution >= 4 is 11.7 Å². The van der Waals surface area contributed by atoms with E-state index in [9.17, 15) is 0 Å². The molecule has 0 unspecified atom stereocenters. The van der Waals surface area contributed by atoms with Crippen LogP contribution < -0.4 is 10.6 Å². The number of nitrogen functional groups attached to an aromatic ring is 1. The highest BCUT2D eigenvalue weighted by atomic mass is 16.5. The third-order valence-electron chi connectivity index (χ3n) is 4.56. The number of rotatable bonds is 4. The van der Waals surface area contributed by atoms with Gasteiger partial charge in [0.05, 0.1) is 5.56 Å². The molecule has 1 aliphatic heterocycles. The van der Waals surface area contributed by atoms with Crippen LogP contribution >= 0.6 is 0 Å². The second-order valence-electron chi connectivity index (χ2n) is 6.17. The fourth-order valence-corrected chi connectivity index (χ4v) is 3.35. The molecule has 0 bridgehead atoms. The SMILES string of the molecule is CN(CC1CCOCC1)c1nc2c(cc1C(=N)N)CCC2. The van der Waals surface area contributed by atoms with Crippen molar-refractivity contribution in [3.05, 3.63) is 22.9 Å². The zero-order chi connectivity index (χ0) is 14.8. The fraction of sp³-hybridized carbons (Fsp3) is 0.625.